The van der Waals surface area contributed by atoms with Gasteiger partial charge in [-0.2, -0.15) is 4.98 Å². The van der Waals surface area contributed by atoms with Gasteiger partial charge in [-0.25, -0.2) is 22.8 Å². The largest absolute Gasteiger partial charge is 0.351 e. The van der Waals surface area contributed by atoms with Gasteiger partial charge in [-0.15, -0.1) is 0 Å². The molecule has 0 unspecified atom stereocenters. The molecule has 0 spiro atoms. The second kappa shape index (κ2) is 12.1. The van der Waals surface area contributed by atoms with Gasteiger partial charge in [0.1, 0.15) is 17.0 Å². The lowest BCUT2D eigenvalue weighted by atomic mass is 9.91. The van der Waals surface area contributed by atoms with Gasteiger partial charge in [-0.05, 0) is 71.3 Å². The Morgan fingerprint density at radius 2 is 1.76 bits per heavy atom. The van der Waals surface area contributed by atoms with Crippen molar-refractivity contribution in [3.8, 4) is 11.3 Å². The second-order valence-electron chi connectivity index (χ2n) is 11.3. The maximum absolute atomic E-state index is 15.2. The topological polar surface area (TPSA) is 122 Å². The molecule has 5 rings (SSSR count). The summed E-state index contributed by atoms with van der Waals surface area (Å²) in [5.41, 5.74) is 0.981. The zero-order chi connectivity index (χ0) is 30.0. The summed E-state index contributed by atoms with van der Waals surface area (Å²) in [6.07, 6.45) is 5.75. The van der Waals surface area contributed by atoms with Crippen LogP contribution in [0.4, 0.5) is 16.0 Å². The first-order chi connectivity index (χ1) is 20.0. The second-order valence-corrected chi connectivity index (χ2v) is 13.0. The molecule has 1 fully saturated rings. The van der Waals surface area contributed by atoms with Gasteiger partial charge in [0.25, 0.3) is 5.56 Å². The summed E-state index contributed by atoms with van der Waals surface area (Å²) in [5.74, 6) is -0.673. The van der Waals surface area contributed by atoms with Crippen LogP contribution in [0.3, 0.4) is 0 Å². The summed E-state index contributed by atoms with van der Waals surface area (Å²) in [5, 5.41) is 3.42. The Kier molecular flexibility index (Phi) is 8.55. The lowest BCUT2D eigenvalue weighted by molar-refractivity contribution is 0.221. The summed E-state index contributed by atoms with van der Waals surface area (Å²) in [6.45, 7) is 3.74. The Morgan fingerprint density at radius 1 is 1.05 bits per heavy atom. The molecule has 2 aromatic carbocycles. The molecule has 2 aromatic heterocycles. The Labute approximate surface area is 245 Å². The maximum atomic E-state index is 15.2. The van der Waals surface area contributed by atoms with E-state index < -0.39 is 21.4 Å². The smallest absolute Gasteiger partial charge is 0.278 e. The van der Waals surface area contributed by atoms with E-state index in [0.717, 1.165) is 31.7 Å². The molecule has 0 amide bonds. The molecule has 0 atom stereocenters. The molecule has 2 N–H and O–H groups in total. The Balaban J connectivity index is 1.41. The van der Waals surface area contributed by atoms with Crippen molar-refractivity contribution in [1.82, 2.24) is 24.4 Å². The van der Waals surface area contributed by atoms with E-state index in [-0.39, 0.29) is 34.8 Å². The van der Waals surface area contributed by atoms with Crippen LogP contribution in [0.5, 0.6) is 0 Å². The fourth-order valence-corrected chi connectivity index (χ4v) is 6.60. The molecule has 12 heteroatoms. The number of hydrogen-bond donors (Lipinski definition) is 2. The number of benzene rings is 2. The third-order valence-electron chi connectivity index (χ3n) is 7.62. The first-order valence-electron chi connectivity index (χ1n) is 14.1. The normalized spacial score (nSPS) is 17.6. The summed E-state index contributed by atoms with van der Waals surface area (Å²) in [7, 11) is 0.351. The van der Waals surface area contributed by atoms with Gasteiger partial charge in [-0.1, -0.05) is 36.4 Å². The lowest BCUT2D eigenvalue weighted by Crippen LogP contribution is -2.36. The minimum Gasteiger partial charge on any atom is -0.351 e. The summed E-state index contributed by atoms with van der Waals surface area (Å²) >= 11 is 0. The van der Waals surface area contributed by atoms with Crippen molar-refractivity contribution >= 4 is 32.8 Å². The van der Waals surface area contributed by atoms with Gasteiger partial charge >= 0.3 is 0 Å². The average Bonchev–Trinajstić information content (AvgIpc) is 2.94. The number of anilines is 2. The number of nitrogens with one attached hydrogen (secondary N) is 2. The Bertz CT molecular complexity index is 1740. The van der Waals surface area contributed by atoms with Crippen molar-refractivity contribution in [2.24, 2.45) is 0 Å². The molecule has 0 bridgehead atoms. The third-order valence-corrected chi connectivity index (χ3v) is 8.86. The number of aromatic nitrogens is 4. The van der Waals surface area contributed by atoms with E-state index in [9.17, 15) is 13.2 Å². The van der Waals surface area contributed by atoms with Crippen LogP contribution in [0.15, 0.2) is 59.5 Å². The lowest BCUT2D eigenvalue weighted by Gasteiger charge is -2.32. The van der Waals surface area contributed by atoms with E-state index in [1.54, 1.807) is 36.5 Å². The molecular weight excluding hydrogens is 557 g/mol. The maximum Gasteiger partial charge on any atom is 0.278 e. The van der Waals surface area contributed by atoms with E-state index in [1.165, 1.54) is 16.7 Å². The van der Waals surface area contributed by atoms with Gasteiger partial charge in [0.05, 0.1) is 17.6 Å². The average molecular weight is 594 g/mol. The molecule has 1 aliphatic rings. The van der Waals surface area contributed by atoms with Gasteiger partial charge < -0.3 is 10.2 Å². The monoisotopic (exact) mass is 593 g/mol. The van der Waals surface area contributed by atoms with E-state index in [0.29, 0.717) is 28.7 Å². The minimum absolute atomic E-state index is 0.0279. The van der Waals surface area contributed by atoms with Crippen molar-refractivity contribution in [1.29, 1.82) is 0 Å². The number of nitrogens with zero attached hydrogens (tertiary/aromatic N) is 5. The highest BCUT2D eigenvalue weighted by Gasteiger charge is 2.24. The summed E-state index contributed by atoms with van der Waals surface area (Å²) in [4.78, 5) is 29.5. The minimum atomic E-state index is -3.86. The predicted molar refractivity (Wildman–Crippen MR) is 163 cm³/mol. The highest BCUT2D eigenvalue weighted by atomic mass is 32.2. The van der Waals surface area contributed by atoms with Gasteiger partial charge in [0, 0.05) is 23.7 Å². The van der Waals surface area contributed by atoms with E-state index in [1.807, 2.05) is 13.8 Å². The van der Waals surface area contributed by atoms with E-state index >= 15 is 4.39 Å². The van der Waals surface area contributed by atoms with Crippen LogP contribution < -0.4 is 15.6 Å². The molecule has 0 saturated heterocycles. The Hall–Kier alpha value is -3.90. The van der Waals surface area contributed by atoms with Crippen LogP contribution in [0, 0.1) is 5.82 Å². The van der Waals surface area contributed by atoms with Crippen molar-refractivity contribution in [2.75, 3.05) is 24.1 Å². The third kappa shape index (κ3) is 6.60. The molecule has 1 aliphatic carbocycles. The highest BCUT2D eigenvalue weighted by molar-refractivity contribution is 7.91. The van der Waals surface area contributed by atoms with Crippen molar-refractivity contribution in [2.45, 2.75) is 63.4 Å². The molecule has 0 radical (unpaired) electrons. The van der Waals surface area contributed by atoms with Crippen LogP contribution >= 0.6 is 0 Å². The first kappa shape index (κ1) is 29.6. The SMILES string of the molecule is CC(C)n1c(=O)c(-c2ccc(NS(=O)(=O)Cc3ccccc3)c(F)c2)nc2cnc(NC3CCC(N(C)C)CC3)nc21. The molecular formula is C30H36FN7O3S. The first-order valence-corrected chi connectivity index (χ1v) is 15.7. The van der Waals surface area contributed by atoms with E-state index in [4.69, 9.17) is 0 Å². The van der Waals surface area contributed by atoms with Gasteiger partial charge in [0.2, 0.25) is 16.0 Å². The number of fused-ring (bicyclic) bond motifs is 1. The fraction of sp³-hybridized carbons (Fsp3) is 0.400. The fourth-order valence-electron chi connectivity index (χ4n) is 5.40. The standard InChI is InChI=1S/C30H36FN7O3S/c1-19(2)38-28-26(17-32-30(35-28)33-22-11-13-23(14-12-22)37(3)4)34-27(29(38)39)21-10-15-25(24(31)16-21)36-42(40,41)18-20-8-6-5-7-9-20/h5-10,15-17,19,22-23,36H,11-14,18H2,1-4H3,(H,32,33,35). The van der Waals surface area contributed by atoms with Crippen LogP contribution in [-0.4, -0.2) is 59.0 Å². The van der Waals surface area contributed by atoms with Crippen molar-refractivity contribution < 1.29 is 12.8 Å². The molecule has 0 aliphatic heterocycles. The summed E-state index contributed by atoms with van der Waals surface area (Å²) < 4.78 is 44.2. The van der Waals surface area contributed by atoms with Crippen LogP contribution in [0.2, 0.25) is 0 Å². The summed E-state index contributed by atoms with van der Waals surface area (Å²) in [6, 6.07) is 13.1. The van der Waals surface area contributed by atoms with Crippen LogP contribution in [-0.2, 0) is 15.8 Å². The number of halogens is 1. The number of sulfonamides is 1. The molecule has 4 aromatic rings. The van der Waals surface area contributed by atoms with Crippen molar-refractivity contribution in [3.63, 3.8) is 0 Å². The van der Waals surface area contributed by atoms with Gasteiger partial charge in [-0.3, -0.25) is 14.1 Å². The zero-order valence-electron chi connectivity index (χ0n) is 24.2. The van der Waals surface area contributed by atoms with Gasteiger partial charge in [0.15, 0.2) is 5.65 Å². The molecule has 222 valence electrons. The van der Waals surface area contributed by atoms with Crippen molar-refractivity contribution in [3.05, 3.63) is 76.5 Å². The zero-order valence-corrected chi connectivity index (χ0v) is 25.0. The van der Waals surface area contributed by atoms with E-state index in [2.05, 4.69) is 44.0 Å². The van der Waals surface area contributed by atoms with Crippen LogP contribution in [0.25, 0.3) is 22.4 Å². The molecule has 2 heterocycles. The predicted octanol–water partition coefficient (Wildman–Crippen LogP) is 4.80. The molecule has 10 nitrogen and oxygen atoms in total. The Morgan fingerprint density at radius 3 is 2.40 bits per heavy atom. The van der Waals surface area contributed by atoms with Crippen LogP contribution in [0.1, 0.15) is 51.1 Å². The number of rotatable bonds is 9. The highest BCUT2D eigenvalue weighted by Crippen LogP contribution is 2.26. The molecule has 42 heavy (non-hydrogen) atoms. The number of hydrogen-bond acceptors (Lipinski definition) is 8. The molecule has 1 saturated carbocycles. The quantitative estimate of drug-likeness (QED) is 0.284.